The molecule has 1 saturated carbocycles. The zero-order valence-electron chi connectivity index (χ0n) is 26.6. The van der Waals surface area contributed by atoms with Crippen molar-refractivity contribution in [3.8, 4) is 11.3 Å². The summed E-state index contributed by atoms with van der Waals surface area (Å²) >= 11 is 14.2. The average molecular weight is 748 g/mol. The molecule has 2 bridgehead atoms. The predicted molar refractivity (Wildman–Crippen MR) is 182 cm³/mol. The zero-order chi connectivity index (χ0) is 35.1. The SMILES string of the molecule is O=C(OCC(=O)N(CCO)CCO)c1cc(F)c2nc(N3[C@@H]4CC[C@H]3CC(OC(=O)c3c(-c5c(Cl)cccc5Cl)noc3C3CC3)C4)sc2c1. The maximum absolute atomic E-state index is 15.3. The van der Waals surface area contributed by atoms with Gasteiger partial charge in [-0.05, 0) is 49.9 Å². The molecule has 2 aromatic carbocycles. The molecule has 1 aliphatic carbocycles. The number of ether oxygens (including phenoxy) is 2. The summed E-state index contributed by atoms with van der Waals surface area (Å²) in [5, 5.41) is 23.8. The third-order valence-electron chi connectivity index (χ3n) is 9.35. The number of hydrogen-bond donors (Lipinski definition) is 2. The van der Waals surface area contributed by atoms with Gasteiger partial charge in [0.15, 0.2) is 23.3 Å². The van der Waals surface area contributed by atoms with Gasteiger partial charge in [0.05, 0.1) is 33.5 Å². The highest BCUT2D eigenvalue weighted by molar-refractivity contribution is 7.22. The molecule has 2 saturated heterocycles. The monoisotopic (exact) mass is 746 g/mol. The number of carbonyl (C=O) groups excluding carboxylic acids is 3. The summed E-state index contributed by atoms with van der Waals surface area (Å²) in [7, 11) is 0. The van der Waals surface area contributed by atoms with Crippen LogP contribution < -0.4 is 4.90 Å². The summed E-state index contributed by atoms with van der Waals surface area (Å²) in [6, 6.07) is 7.57. The molecule has 12 nitrogen and oxygen atoms in total. The van der Waals surface area contributed by atoms with Crippen LogP contribution in [0.15, 0.2) is 34.9 Å². The van der Waals surface area contributed by atoms with Gasteiger partial charge in [0.1, 0.15) is 22.9 Å². The molecule has 0 radical (unpaired) electrons. The lowest BCUT2D eigenvalue weighted by Crippen LogP contribution is -2.46. The molecule has 4 aromatic rings. The number of benzene rings is 2. The van der Waals surface area contributed by atoms with E-state index in [0.29, 0.717) is 44.0 Å². The van der Waals surface area contributed by atoms with Gasteiger partial charge >= 0.3 is 11.9 Å². The van der Waals surface area contributed by atoms with Gasteiger partial charge in [0.2, 0.25) is 0 Å². The number of amides is 1. The van der Waals surface area contributed by atoms with Crippen molar-refractivity contribution in [2.75, 3.05) is 37.8 Å². The lowest BCUT2D eigenvalue weighted by molar-refractivity contribution is -0.135. The van der Waals surface area contributed by atoms with Gasteiger partial charge in [0.25, 0.3) is 5.91 Å². The molecule has 3 aliphatic rings. The third-order valence-corrected chi connectivity index (χ3v) is 11.0. The van der Waals surface area contributed by atoms with Crippen LogP contribution in [0, 0.1) is 5.82 Å². The topological polar surface area (TPSA) is 156 Å². The Bertz CT molecular complexity index is 1910. The Morgan fingerprint density at radius 1 is 1.02 bits per heavy atom. The van der Waals surface area contributed by atoms with Crippen molar-refractivity contribution in [2.24, 2.45) is 0 Å². The van der Waals surface area contributed by atoms with E-state index in [0.717, 1.165) is 31.7 Å². The Labute approximate surface area is 299 Å². The summed E-state index contributed by atoms with van der Waals surface area (Å²) in [4.78, 5) is 46.8. The molecule has 1 amide bonds. The Hall–Kier alpha value is -3.82. The number of rotatable bonds is 12. The van der Waals surface area contributed by atoms with Crippen molar-refractivity contribution in [2.45, 2.75) is 62.6 Å². The van der Waals surface area contributed by atoms with E-state index in [9.17, 15) is 14.4 Å². The maximum atomic E-state index is 15.3. The molecule has 2 aliphatic heterocycles. The molecule has 4 heterocycles. The second-order valence-electron chi connectivity index (χ2n) is 12.6. The molecule has 3 fully saturated rings. The number of esters is 2. The largest absolute Gasteiger partial charge is 0.458 e. The van der Waals surface area contributed by atoms with Gasteiger partial charge in [-0.3, -0.25) is 4.79 Å². The number of fused-ring (bicyclic) bond motifs is 3. The van der Waals surface area contributed by atoms with Crippen LogP contribution in [0.3, 0.4) is 0 Å². The van der Waals surface area contributed by atoms with E-state index in [-0.39, 0.29) is 72.7 Å². The van der Waals surface area contributed by atoms with E-state index in [4.69, 9.17) is 47.4 Å². The van der Waals surface area contributed by atoms with E-state index in [1.54, 1.807) is 18.2 Å². The number of aliphatic hydroxyl groups is 2. The molecule has 2 N–H and O–H groups in total. The Morgan fingerprint density at radius 2 is 1.70 bits per heavy atom. The quantitative estimate of drug-likeness (QED) is 0.174. The second-order valence-corrected chi connectivity index (χ2v) is 14.5. The van der Waals surface area contributed by atoms with Crippen LogP contribution in [-0.4, -0.2) is 94.2 Å². The molecule has 0 spiro atoms. The number of piperidine rings is 1. The lowest BCUT2D eigenvalue weighted by atomic mass is 9.99. The normalized spacial score (nSPS) is 19.9. The Morgan fingerprint density at radius 3 is 2.34 bits per heavy atom. The van der Waals surface area contributed by atoms with Gasteiger partial charge in [-0.2, -0.15) is 0 Å². The first-order chi connectivity index (χ1) is 24.2. The van der Waals surface area contributed by atoms with Crippen molar-refractivity contribution < 1.29 is 43.0 Å². The smallest absolute Gasteiger partial charge is 0.344 e. The minimum atomic E-state index is -0.887. The molecular weight excluding hydrogens is 714 g/mol. The standard InChI is InChI=1S/C34H33Cl2FN4O8S/c35-22-2-1-3-23(36)27(22)30-28(31(49-39-30)17-4-5-17)33(46)48-21-14-19-6-7-20(15-21)41(19)34-38-29-24(37)12-18(13-25(29)50-34)32(45)47-16-26(44)40(8-10-42)9-11-43/h1-3,12-13,17,19-21,42-43H,4-11,14-16H2/t19-,20+,21?. The highest BCUT2D eigenvalue weighted by atomic mass is 35.5. The fourth-order valence-electron chi connectivity index (χ4n) is 6.87. The van der Waals surface area contributed by atoms with E-state index < -0.39 is 30.3 Å². The van der Waals surface area contributed by atoms with Crippen LogP contribution in [0.2, 0.25) is 10.0 Å². The van der Waals surface area contributed by atoms with Crippen molar-refractivity contribution in [3.05, 3.63) is 63.1 Å². The Balaban J connectivity index is 1.05. The fourth-order valence-corrected chi connectivity index (χ4v) is 8.61. The first-order valence-electron chi connectivity index (χ1n) is 16.4. The van der Waals surface area contributed by atoms with E-state index >= 15 is 4.39 Å². The van der Waals surface area contributed by atoms with Gasteiger partial charge in [-0.15, -0.1) is 0 Å². The first-order valence-corrected chi connectivity index (χ1v) is 17.9. The number of halogens is 3. The van der Waals surface area contributed by atoms with Crippen LogP contribution >= 0.6 is 34.5 Å². The number of aromatic nitrogens is 2. The van der Waals surface area contributed by atoms with Crippen molar-refractivity contribution in [3.63, 3.8) is 0 Å². The highest BCUT2D eigenvalue weighted by Gasteiger charge is 2.45. The van der Waals surface area contributed by atoms with Crippen LogP contribution in [0.5, 0.6) is 0 Å². The maximum Gasteiger partial charge on any atom is 0.344 e. The summed E-state index contributed by atoms with van der Waals surface area (Å²) in [6.07, 6.45) is 4.15. The second kappa shape index (κ2) is 14.4. The van der Waals surface area contributed by atoms with Crippen LogP contribution in [0.1, 0.15) is 70.9 Å². The molecule has 50 heavy (non-hydrogen) atoms. The number of carbonyl (C=O) groups is 3. The van der Waals surface area contributed by atoms with Gasteiger partial charge in [-0.25, -0.2) is 19.0 Å². The summed E-state index contributed by atoms with van der Waals surface area (Å²) in [5.41, 5.74) is 0.992. The number of aliphatic hydroxyl groups excluding tert-OH is 2. The minimum Gasteiger partial charge on any atom is -0.458 e. The van der Waals surface area contributed by atoms with Crippen molar-refractivity contribution >= 4 is 67.7 Å². The molecule has 264 valence electrons. The number of hydrogen-bond acceptors (Lipinski definition) is 12. The van der Waals surface area contributed by atoms with Crippen LogP contribution in [-0.2, 0) is 14.3 Å². The summed E-state index contributed by atoms with van der Waals surface area (Å²) in [5.74, 6) is -2.14. The lowest BCUT2D eigenvalue weighted by Gasteiger charge is -2.38. The molecular formula is C34H33Cl2FN4O8S. The molecule has 3 atom stereocenters. The third kappa shape index (κ3) is 6.79. The zero-order valence-corrected chi connectivity index (χ0v) is 29.0. The van der Waals surface area contributed by atoms with Gasteiger partial charge in [-0.1, -0.05) is 45.8 Å². The minimum absolute atomic E-state index is 0.00531. The average Bonchev–Trinajstić information content (AvgIpc) is 3.59. The van der Waals surface area contributed by atoms with Crippen molar-refractivity contribution in [1.29, 1.82) is 0 Å². The number of nitrogens with zero attached hydrogens (tertiary/aromatic N) is 4. The summed E-state index contributed by atoms with van der Waals surface area (Å²) in [6.45, 7) is -1.29. The van der Waals surface area contributed by atoms with Crippen LogP contribution in [0.4, 0.5) is 9.52 Å². The molecule has 7 rings (SSSR count). The highest BCUT2D eigenvalue weighted by Crippen LogP contribution is 2.47. The van der Waals surface area contributed by atoms with E-state index in [1.165, 1.54) is 22.3 Å². The number of anilines is 1. The molecule has 2 aromatic heterocycles. The summed E-state index contributed by atoms with van der Waals surface area (Å²) < 4.78 is 32.6. The van der Waals surface area contributed by atoms with Crippen LogP contribution in [0.25, 0.3) is 21.5 Å². The number of thiazole rings is 1. The van der Waals surface area contributed by atoms with E-state index in [1.807, 2.05) is 0 Å². The predicted octanol–water partition coefficient (Wildman–Crippen LogP) is 5.60. The van der Waals surface area contributed by atoms with E-state index in [2.05, 4.69) is 15.0 Å². The van der Waals surface area contributed by atoms with Crippen molar-refractivity contribution in [1.82, 2.24) is 15.0 Å². The first kappa shape index (κ1) is 34.6. The molecule has 1 unspecified atom stereocenters. The Kier molecular flexibility index (Phi) is 9.99. The molecule has 16 heteroatoms. The van der Waals surface area contributed by atoms with Gasteiger partial charge in [0, 0.05) is 49.5 Å². The fraction of sp³-hybridized carbons (Fsp3) is 0.441. The van der Waals surface area contributed by atoms with Gasteiger partial charge < -0.3 is 34.0 Å².